The molecule has 0 atom stereocenters. The van der Waals surface area contributed by atoms with Crippen LogP contribution in [0.4, 0.5) is 15.9 Å². The van der Waals surface area contributed by atoms with Crippen LogP contribution in [0.1, 0.15) is 0 Å². The molecule has 2 aromatic rings. The van der Waals surface area contributed by atoms with Crippen molar-refractivity contribution in [1.29, 1.82) is 0 Å². The number of halogens is 1. The highest BCUT2D eigenvalue weighted by atomic mass is 19.1. The van der Waals surface area contributed by atoms with Gasteiger partial charge in [0.1, 0.15) is 17.5 Å². The van der Waals surface area contributed by atoms with Gasteiger partial charge in [0.2, 0.25) is 0 Å². The summed E-state index contributed by atoms with van der Waals surface area (Å²) in [5.41, 5.74) is 3.20. The van der Waals surface area contributed by atoms with Crippen molar-refractivity contribution in [1.82, 2.24) is 15.0 Å². The summed E-state index contributed by atoms with van der Waals surface area (Å²) >= 11 is 0. The number of hydrogen-bond acceptors (Lipinski definition) is 3. The summed E-state index contributed by atoms with van der Waals surface area (Å²) < 4.78 is 13.9. The fourth-order valence-corrected chi connectivity index (χ4v) is 2.58. The Bertz CT molecular complexity index is 917. The number of anilines is 2. The average Bonchev–Trinajstić information content (AvgIpc) is 3.03. The molecule has 0 saturated carbocycles. The van der Waals surface area contributed by atoms with Gasteiger partial charge in [-0.2, -0.15) is 0 Å². The molecular formula is C18H13FN4. The fourth-order valence-electron chi connectivity index (χ4n) is 2.58. The lowest BCUT2D eigenvalue weighted by atomic mass is 10.0. The SMILES string of the molecule is Fc1ccccc1Nc1nc[nH]c2ncc(-c3ccccc3)c1-2. The highest BCUT2D eigenvalue weighted by Gasteiger charge is 2.19. The van der Waals surface area contributed by atoms with E-state index in [0.29, 0.717) is 17.3 Å². The van der Waals surface area contributed by atoms with E-state index in [0.717, 1.165) is 16.7 Å². The van der Waals surface area contributed by atoms with Crippen LogP contribution < -0.4 is 5.32 Å². The van der Waals surface area contributed by atoms with E-state index in [1.165, 1.54) is 6.07 Å². The van der Waals surface area contributed by atoms with Crippen molar-refractivity contribution >= 4 is 11.5 Å². The van der Waals surface area contributed by atoms with Crippen LogP contribution in [0.15, 0.2) is 67.1 Å². The molecule has 0 aromatic heterocycles. The number of aromatic amines is 1. The van der Waals surface area contributed by atoms with E-state index in [2.05, 4.69) is 20.3 Å². The predicted molar refractivity (Wildman–Crippen MR) is 88.1 cm³/mol. The quantitative estimate of drug-likeness (QED) is 0.587. The molecular weight excluding hydrogens is 291 g/mol. The van der Waals surface area contributed by atoms with Crippen LogP contribution in [-0.4, -0.2) is 15.0 Å². The van der Waals surface area contributed by atoms with Gasteiger partial charge >= 0.3 is 0 Å². The van der Waals surface area contributed by atoms with Crippen molar-refractivity contribution in [3.05, 3.63) is 72.9 Å². The Balaban J connectivity index is 1.84. The first kappa shape index (κ1) is 13.5. The monoisotopic (exact) mass is 304 g/mol. The van der Waals surface area contributed by atoms with E-state index in [1.807, 2.05) is 30.3 Å². The van der Waals surface area contributed by atoms with Gasteiger partial charge in [-0.25, -0.2) is 14.4 Å². The number of hydrogen-bond donors (Lipinski definition) is 2. The third-order valence-electron chi connectivity index (χ3n) is 3.67. The second-order valence-electron chi connectivity index (χ2n) is 5.12. The molecule has 0 saturated heterocycles. The number of nitrogens with zero attached hydrogens (tertiary/aromatic N) is 2. The van der Waals surface area contributed by atoms with Gasteiger partial charge in [-0.15, -0.1) is 0 Å². The summed E-state index contributed by atoms with van der Waals surface area (Å²) in [7, 11) is 0. The molecule has 0 radical (unpaired) electrons. The van der Waals surface area contributed by atoms with E-state index < -0.39 is 0 Å². The number of nitrogens with one attached hydrogen (secondary N) is 2. The molecule has 0 amide bonds. The van der Waals surface area contributed by atoms with Crippen LogP contribution in [-0.2, 0) is 0 Å². The van der Waals surface area contributed by atoms with Gasteiger partial charge in [0, 0.05) is 11.8 Å². The molecule has 2 N–H and O–H groups in total. The molecule has 0 spiro atoms. The van der Waals surface area contributed by atoms with Crippen LogP contribution >= 0.6 is 0 Å². The van der Waals surface area contributed by atoms with Crippen LogP contribution in [0.5, 0.6) is 0 Å². The Kier molecular flexibility index (Phi) is 3.24. The minimum atomic E-state index is -0.323. The summed E-state index contributed by atoms with van der Waals surface area (Å²) in [6.07, 6.45) is 3.35. The largest absolute Gasteiger partial charge is 0.337 e. The normalized spacial score (nSPS) is 10.8. The van der Waals surface area contributed by atoms with E-state index in [9.17, 15) is 4.39 Å². The first-order chi connectivity index (χ1) is 11.3. The van der Waals surface area contributed by atoms with Crippen LogP contribution in [0.25, 0.3) is 22.5 Å². The lowest BCUT2D eigenvalue weighted by molar-refractivity contribution is 0.632. The lowest BCUT2D eigenvalue weighted by Gasteiger charge is -2.12. The minimum absolute atomic E-state index is 0.323. The maximum atomic E-state index is 13.9. The van der Waals surface area contributed by atoms with Crippen molar-refractivity contribution in [3.63, 3.8) is 0 Å². The Morgan fingerprint density at radius 2 is 1.70 bits per heavy atom. The van der Waals surface area contributed by atoms with Crippen molar-refractivity contribution in [3.8, 4) is 22.5 Å². The number of para-hydroxylation sites is 1. The second kappa shape index (κ2) is 5.53. The Labute approximate surface area is 132 Å². The lowest BCUT2D eigenvalue weighted by Crippen LogP contribution is -2.00. The summed E-state index contributed by atoms with van der Waals surface area (Å²) in [5, 5.41) is 3.07. The van der Waals surface area contributed by atoms with E-state index in [-0.39, 0.29) is 5.82 Å². The van der Waals surface area contributed by atoms with E-state index in [1.54, 1.807) is 30.7 Å². The molecule has 2 aliphatic rings. The van der Waals surface area contributed by atoms with E-state index in [4.69, 9.17) is 0 Å². The number of H-pyrrole nitrogens is 1. The standard InChI is InChI=1S/C18H13FN4/c19-14-8-4-5-9-15(14)23-18-16-13(12-6-2-1-3-7-12)10-20-17(16)21-11-22-18/h1-11H,(H2,20,21,22,23). The molecule has 2 heterocycles. The van der Waals surface area contributed by atoms with Gasteiger partial charge in [0.25, 0.3) is 0 Å². The van der Waals surface area contributed by atoms with Gasteiger partial charge in [0.15, 0.2) is 0 Å². The molecule has 0 bridgehead atoms. The molecule has 112 valence electrons. The average molecular weight is 304 g/mol. The van der Waals surface area contributed by atoms with Gasteiger partial charge in [-0.1, -0.05) is 42.5 Å². The van der Waals surface area contributed by atoms with Gasteiger partial charge in [0.05, 0.1) is 17.6 Å². The summed E-state index contributed by atoms with van der Waals surface area (Å²) in [5.74, 6) is 0.953. The van der Waals surface area contributed by atoms with Gasteiger partial charge in [-0.05, 0) is 17.7 Å². The van der Waals surface area contributed by atoms with Crippen molar-refractivity contribution in [2.75, 3.05) is 5.32 Å². The number of benzene rings is 2. The van der Waals surface area contributed by atoms with Crippen LogP contribution in [0.3, 0.4) is 0 Å². The Hall–Kier alpha value is -3.21. The second-order valence-corrected chi connectivity index (χ2v) is 5.12. The molecule has 0 unspecified atom stereocenters. The fraction of sp³-hybridized carbons (Fsp3) is 0. The summed E-state index contributed by atoms with van der Waals surface area (Å²) in [4.78, 5) is 11.7. The van der Waals surface area contributed by atoms with Crippen molar-refractivity contribution in [2.24, 2.45) is 0 Å². The maximum Gasteiger partial charge on any atom is 0.146 e. The Morgan fingerprint density at radius 3 is 2.52 bits per heavy atom. The van der Waals surface area contributed by atoms with Crippen LogP contribution in [0.2, 0.25) is 0 Å². The van der Waals surface area contributed by atoms with Crippen molar-refractivity contribution < 1.29 is 4.39 Å². The van der Waals surface area contributed by atoms with Crippen LogP contribution in [0, 0.1) is 5.82 Å². The zero-order chi connectivity index (χ0) is 15.6. The smallest absolute Gasteiger partial charge is 0.146 e. The predicted octanol–water partition coefficient (Wildman–Crippen LogP) is 4.46. The van der Waals surface area contributed by atoms with E-state index >= 15 is 0 Å². The molecule has 5 heteroatoms. The number of aromatic nitrogens is 3. The molecule has 23 heavy (non-hydrogen) atoms. The molecule has 0 aliphatic carbocycles. The topological polar surface area (TPSA) is 53.6 Å². The highest BCUT2D eigenvalue weighted by molar-refractivity contribution is 5.90. The molecule has 2 aromatic carbocycles. The molecule has 0 fully saturated rings. The highest BCUT2D eigenvalue weighted by Crippen LogP contribution is 2.37. The first-order valence-corrected chi connectivity index (χ1v) is 7.22. The number of fused-ring (bicyclic) bond motifs is 1. The Morgan fingerprint density at radius 1 is 0.913 bits per heavy atom. The first-order valence-electron chi connectivity index (χ1n) is 7.22. The molecule has 4 nitrogen and oxygen atoms in total. The molecule has 2 aliphatic heterocycles. The zero-order valence-corrected chi connectivity index (χ0v) is 12.1. The summed E-state index contributed by atoms with van der Waals surface area (Å²) in [6, 6.07) is 16.4. The van der Waals surface area contributed by atoms with Gasteiger partial charge < -0.3 is 10.3 Å². The van der Waals surface area contributed by atoms with Gasteiger partial charge in [-0.3, -0.25) is 0 Å². The summed E-state index contributed by atoms with van der Waals surface area (Å²) in [6.45, 7) is 0. The molecule has 4 rings (SSSR count). The number of rotatable bonds is 3. The van der Waals surface area contributed by atoms with Crippen molar-refractivity contribution in [2.45, 2.75) is 0 Å². The third kappa shape index (κ3) is 2.42. The minimum Gasteiger partial charge on any atom is -0.337 e. The third-order valence-corrected chi connectivity index (χ3v) is 3.67. The maximum absolute atomic E-state index is 13.9. The zero-order valence-electron chi connectivity index (χ0n) is 12.1.